The van der Waals surface area contributed by atoms with E-state index in [1.54, 1.807) is 11.8 Å². The molecule has 94 valence electrons. The van der Waals surface area contributed by atoms with E-state index in [0.29, 0.717) is 0 Å². The first-order chi connectivity index (χ1) is 9.35. The number of nitrogens with zero attached hydrogens (tertiary/aromatic N) is 1. The molecule has 0 saturated carbocycles. The normalized spacial score (nSPS) is 10.6. The van der Waals surface area contributed by atoms with E-state index in [2.05, 4.69) is 58.8 Å². The average Bonchev–Trinajstić information content (AvgIpc) is 2.47. The van der Waals surface area contributed by atoms with Gasteiger partial charge in [-0.15, -0.1) is 0 Å². The predicted molar refractivity (Wildman–Crippen MR) is 81.9 cm³/mol. The number of hydrogen-bond donors (Lipinski definition) is 1. The van der Waals surface area contributed by atoms with Gasteiger partial charge in [0.2, 0.25) is 0 Å². The van der Waals surface area contributed by atoms with Crippen LogP contribution in [0.4, 0.5) is 5.82 Å². The Morgan fingerprint density at radius 1 is 0.895 bits per heavy atom. The summed E-state index contributed by atoms with van der Waals surface area (Å²) in [5, 5.41) is 5.61. The van der Waals surface area contributed by atoms with Crippen molar-refractivity contribution in [3.8, 4) is 0 Å². The number of hydrogen-bond acceptors (Lipinski definition) is 3. The van der Waals surface area contributed by atoms with Crippen LogP contribution in [0.25, 0.3) is 10.8 Å². The number of pyridine rings is 1. The molecule has 3 rings (SSSR count). The highest BCUT2D eigenvalue weighted by Crippen LogP contribution is 2.30. The van der Waals surface area contributed by atoms with Gasteiger partial charge in [-0.25, -0.2) is 4.98 Å². The zero-order chi connectivity index (χ0) is 13.1. The lowest BCUT2D eigenvalue weighted by Crippen LogP contribution is -1.90. The summed E-state index contributed by atoms with van der Waals surface area (Å²) in [6, 6.07) is 19.0. The third kappa shape index (κ3) is 2.71. The Morgan fingerprint density at radius 2 is 1.68 bits per heavy atom. The van der Waals surface area contributed by atoms with Crippen LogP contribution in [-0.4, -0.2) is 12.0 Å². The zero-order valence-electron chi connectivity index (χ0n) is 10.6. The van der Waals surface area contributed by atoms with Gasteiger partial charge in [-0.2, -0.15) is 0 Å². The van der Waals surface area contributed by atoms with Gasteiger partial charge in [0.1, 0.15) is 5.82 Å². The van der Waals surface area contributed by atoms with Gasteiger partial charge in [-0.3, -0.25) is 0 Å². The summed E-state index contributed by atoms with van der Waals surface area (Å²) in [5.41, 5.74) is 0. The summed E-state index contributed by atoms with van der Waals surface area (Å²) in [7, 11) is 1.88. The molecule has 0 fully saturated rings. The van der Waals surface area contributed by atoms with E-state index in [9.17, 15) is 0 Å². The van der Waals surface area contributed by atoms with E-state index in [0.717, 1.165) is 5.82 Å². The van der Waals surface area contributed by atoms with Gasteiger partial charge in [-0.1, -0.05) is 42.1 Å². The average molecular weight is 266 g/mol. The van der Waals surface area contributed by atoms with Crippen LogP contribution < -0.4 is 5.32 Å². The fraction of sp³-hybridized carbons (Fsp3) is 0.0625. The second-order valence-corrected chi connectivity index (χ2v) is 5.38. The molecule has 0 spiro atoms. The maximum absolute atomic E-state index is 4.22. The number of anilines is 1. The fourth-order valence-corrected chi connectivity index (χ4v) is 2.87. The van der Waals surface area contributed by atoms with E-state index >= 15 is 0 Å². The molecule has 1 aromatic heterocycles. The van der Waals surface area contributed by atoms with Crippen LogP contribution in [0.15, 0.2) is 70.6 Å². The maximum atomic E-state index is 4.22. The maximum Gasteiger partial charge on any atom is 0.126 e. The highest BCUT2D eigenvalue weighted by molar-refractivity contribution is 7.99. The van der Waals surface area contributed by atoms with Crippen LogP contribution in [0.2, 0.25) is 0 Å². The molecule has 2 nitrogen and oxygen atoms in total. The first kappa shape index (κ1) is 12.1. The number of aromatic nitrogens is 1. The van der Waals surface area contributed by atoms with Gasteiger partial charge in [-0.05, 0) is 35.0 Å². The van der Waals surface area contributed by atoms with Crippen molar-refractivity contribution in [3.05, 3.63) is 60.8 Å². The van der Waals surface area contributed by atoms with Crippen molar-refractivity contribution in [3.63, 3.8) is 0 Å². The Balaban J connectivity index is 1.92. The first-order valence-electron chi connectivity index (χ1n) is 6.15. The third-order valence-electron chi connectivity index (χ3n) is 2.94. The number of rotatable bonds is 3. The molecular weight excluding hydrogens is 252 g/mol. The topological polar surface area (TPSA) is 24.9 Å². The largest absolute Gasteiger partial charge is 0.373 e. The second kappa shape index (κ2) is 5.33. The van der Waals surface area contributed by atoms with Crippen LogP contribution in [-0.2, 0) is 0 Å². The Bertz CT molecular complexity index is 710. The van der Waals surface area contributed by atoms with Crippen LogP contribution >= 0.6 is 11.8 Å². The third-order valence-corrected chi connectivity index (χ3v) is 3.92. The van der Waals surface area contributed by atoms with Gasteiger partial charge >= 0.3 is 0 Å². The smallest absolute Gasteiger partial charge is 0.126 e. The first-order valence-corrected chi connectivity index (χ1v) is 6.97. The summed E-state index contributed by atoms with van der Waals surface area (Å²) in [6.07, 6.45) is 1.83. The molecule has 3 aromatic rings. The lowest BCUT2D eigenvalue weighted by molar-refractivity contribution is 1.23. The lowest BCUT2D eigenvalue weighted by atomic mass is 10.1. The SMILES string of the molecule is CNc1cc(Sc2ccc3ccccc3c2)ccn1. The standard InChI is InChI=1S/C16H14N2S/c1-17-16-11-15(8-9-18-16)19-14-7-6-12-4-2-3-5-13(12)10-14/h2-11H,1H3,(H,17,18). The van der Waals surface area contributed by atoms with Crippen LogP contribution in [0.1, 0.15) is 0 Å². The minimum Gasteiger partial charge on any atom is -0.373 e. The molecule has 0 unspecified atom stereocenters. The summed E-state index contributed by atoms with van der Waals surface area (Å²) in [4.78, 5) is 6.66. The van der Waals surface area contributed by atoms with E-state index in [-0.39, 0.29) is 0 Å². The molecule has 0 atom stereocenters. The molecule has 0 saturated heterocycles. The molecule has 3 heteroatoms. The molecule has 0 aliphatic heterocycles. The summed E-state index contributed by atoms with van der Waals surface area (Å²) in [5.74, 6) is 0.894. The minimum atomic E-state index is 0.894. The quantitative estimate of drug-likeness (QED) is 0.759. The van der Waals surface area contributed by atoms with Crippen molar-refractivity contribution in [2.45, 2.75) is 9.79 Å². The van der Waals surface area contributed by atoms with Crippen molar-refractivity contribution in [1.82, 2.24) is 4.98 Å². The second-order valence-electron chi connectivity index (χ2n) is 4.24. The van der Waals surface area contributed by atoms with E-state index in [4.69, 9.17) is 0 Å². The van der Waals surface area contributed by atoms with Crippen LogP contribution in [0, 0.1) is 0 Å². The molecule has 19 heavy (non-hydrogen) atoms. The number of nitrogens with one attached hydrogen (secondary N) is 1. The molecule has 0 radical (unpaired) electrons. The van der Waals surface area contributed by atoms with Crippen LogP contribution in [0.3, 0.4) is 0 Å². The Hall–Kier alpha value is -2.00. The minimum absolute atomic E-state index is 0.894. The molecular formula is C16H14N2S. The predicted octanol–water partition coefficient (Wildman–Crippen LogP) is 4.43. The lowest BCUT2D eigenvalue weighted by Gasteiger charge is -2.05. The van der Waals surface area contributed by atoms with Gasteiger partial charge in [0, 0.05) is 23.0 Å². The van der Waals surface area contributed by atoms with Crippen molar-refractivity contribution in [2.75, 3.05) is 12.4 Å². The molecule has 0 aliphatic carbocycles. The van der Waals surface area contributed by atoms with Gasteiger partial charge in [0.25, 0.3) is 0 Å². The molecule has 0 aliphatic rings. The highest BCUT2D eigenvalue weighted by Gasteiger charge is 2.00. The highest BCUT2D eigenvalue weighted by atomic mass is 32.2. The monoisotopic (exact) mass is 266 g/mol. The Morgan fingerprint density at radius 3 is 2.53 bits per heavy atom. The number of benzene rings is 2. The summed E-state index contributed by atoms with van der Waals surface area (Å²) in [6.45, 7) is 0. The van der Waals surface area contributed by atoms with Gasteiger partial charge < -0.3 is 5.32 Å². The van der Waals surface area contributed by atoms with Crippen LogP contribution in [0.5, 0.6) is 0 Å². The Kier molecular flexibility index (Phi) is 3.38. The van der Waals surface area contributed by atoms with Crippen molar-refractivity contribution in [1.29, 1.82) is 0 Å². The molecule has 1 N–H and O–H groups in total. The molecule has 2 aromatic carbocycles. The molecule has 1 heterocycles. The van der Waals surface area contributed by atoms with E-state index < -0.39 is 0 Å². The van der Waals surface area contributed by atoms with Gasteiger partial charge in [0.15, 0.2) is 0 Å². The number of fused-ring (bicyclic) bond motifs is 1. The van der Waals surface area contributed by atoms with E-state index in [1.807, 2.05) is 19.3 Å². The summed E-state index contributed by atoms with van der Waals surface area (Å²) >= 11 is 1.75. The zero-order valence-corrected chi connectivity index (χ0v) is 11.4. The van der Waals surface area contributed by atoms with Crippen molar-refractivity contribution >= 4 is 28.4 Å². The molecule has 0 bridgehead atoms. The van der Waals surface area contributed by atoms with Crippen molar-refractivity contribution < 1.29 is 0 Å². The Labute approximate surface area is 116 Å². The van der Waals surface area contributed by atoms with Crippen molar-refractivity contribution in [2.24, 2.45) is 0 Å². The van der Waals surface area contributed by atoms with Gasteiger partial charge in [0.05, 0.1) is 0 Å². The molecule has 0 amide bonds. The van der Waals surface area contributed by atoms with E-state index in [1.165, 1.54) is 20.6 Å². The summed E-state index contributed by atoms with van der Waals surface area (Å²) < 4.78 is 0. The fourth-order valence-electron chi connectivity index (χ4n) is 1.98.